The molecule has 0 radical (unpaired) electrons. The quantitative estimate of drug-likeness (QED) is 0.160. The number of carbonyl (C=O) groups excluding carboxylic acids is 2. The number of hydrazine groups is 1. The zero-order chi connectivity index (χ0) is 25.4. The van der Waals surface area contributed by atoms with E-state index in [0.717, 1.165) is 44.1 Å². The van der Waals surface area contributed by atoms with Crippen LogP contribution in [0.25, 0.3) is 6.08 Å². The van der Waals surface area contributed by atoms with Crippen LogP contribution < -0.4 is 14.9 Å². The van der Waals surface area contributed by atoms with Gasteiger partial charge in [0.15, 0.2) is 15.8 Å². The lowest BCUT2D eigenvalue weighted by atomic mass is 10.1. The van der Waals surface area contributed by atoms with Crippen molar-refractivity contribution in [2.45, 2.75) is 39.5 Å². The van der Waals surface area contributed by atoms with Crippen molar-refractivity contribution in [1.29, 1.82) is 0 Å². The molecular weight excluding hydrogens is 616 g/mol. The molecule has 1 fully saturated rings. The number of hydrogen-bond acceptors (Lipinski definition) is 6. The van der Waals surface area contributed by atoms with Gasteiger partial charge < -0.3 is 9.47 Å². The fourth-order valence-corrected chi connectivity index (χ4v) is 5.28. The van der Waals surface area contributed by atoms with Gasteiger partial charge in [-0.3, -0.25) is 15.0 Å². The van der Waals surface area contributed by atoms with E-state index in [1.165, 1.54) is 12.8 Å². The molecule has 0 atom stereocenters. The van der Waals surface area contributed by atoms with E-state index < -0.39 is 11.8 Å². The third kappa shape index (κ3) is 7.55. The smallest absolute Gasteiger partial charge is 0.285 e. The van der Waals surface area contributed by atoms with E-state index in [1.807, 2.05) is 19.1 Å². The maximum absolute atomic E-state index is 13.0. The monoisotopic (exact) mass is 640 g/mol. The second-order valence-electron chi connectivity index (χ2n) is 7.64. The number of benzene rings is 2. The summed E-state index contributed by atoms with van der Waals surface area (Å²) < 4.78 is 13.7. The molecule has 1 N–H and O–H groups in total. The number of thiocarbonyl (C=S) groups is 1. The van der Waals surface area contributed by atoms with Gasteiger partial charge in [-0.2, -0.15) is 5.01 Å². The van der Waals surface area contributed by atoms with Crippen molar-refractivity contribution in [3.05, 3.63) is 61.4 Å². The topological polar surface area (TPSA) is 67.9 Å². The van der Waals surface area contributed by atoms with Crippen LogP contribution in [0.3, 0.4) is 0 Å². The fraction of sp³-hybridized carbons (Fsp3) is 0.320. The Kier molecular flexibility index (Phi) is 10.6. The Morgan fingerprint density at radius 2 is 1.86 bits per heavy atom. The van der Waals surface area contributed by atoms with Gasteiger partial charge in [-0.1, -0.05) is 53.9 Å². The SMILES string of the molecule is CCCCCCOc1c(Br)cc(/C=C2\SC(=S)N(NC(=O)c3ccc(Br)cc3)C2=O)cc1OCC. The lowest BCUT2D eigenvalue weighted by molar-refractivity contribution is -0.123. The first-order chi connectivity index (χ1) is 16.8. The molecular formula is C25H26Br2N2O4S2. The van der Waals surface area contributed by atoms with Crippen molar-refractivity contribution in [3.63, 3.8) is 0 Å². The minimum Gasteiger partial charge on any atom is -0.490 e. The molecule has 2 aromatic carbocycles. The van der Waals surface area contributed by atoms with Gasteiger partial charge in [0, 0.05) is 10.0 Å². The Morgan fingerprint density at radius 1 is 1.11 bits per heavy atom. The highest BCUT2D eigenvalue weighted by molar-refractivity contribution is 9.10. The summed E-state index contributed by atoms with van der Waals surface area (Å²) >= 11 is 13.4. The molecule has 0 spiro atoms. The second-order valence-corrected chi connectivity index (χ2v) is 11.1. The molecule has 2 aromatic rings. The average Bonchev–Trinajstić information content (AvgIpc) is 3.08. The summed E-state index contributed by atoms with van der Waals surface area (Å²) in [4.78, 5) is 26.0. The molecule has 1 saturated heterocycles. The third-order valence-corrected chi connectivity index (χ3v) is 7.41. The molecule has 0 aromatic heterocycles. The first kappa shape index (κ1) is 27.7. The van der Waals surface area contributed by atoms with Crippen molar-refractivity contribution in [2.24, 2.45) is 0 Å². The molecule has 0 aliphatic carbocycles. The number of nitrogens with zero attached hydrogens (tertiary/aromatic N) is 1. The summed E-state index contributed by atoms with van der Waals surface area (Å²) in [5.41, 5.74) is 3.76. The molecule has 1 aliphatic heterocycles. The molecule has 1 heterocycles. The van der Waals surface area contributed by atoms with Crippen LogP contribution in [0.5, 0.6) is 11.5 Å². The summed E-state index contributed by atoms with van der Waals surface area (Å²) in [6.07, 6.45) is 6.17. The molecule has 1 aliphatic rings. The van der Waals surface area contributed by atoms with Gasteiger partial charge in [0.25, 0.3) is 11.8 Å². The van der Waals surface area contributed by atoms with Crippen LogP contribution in [0.2, 0.25) is 0 Å². The maximum atomic E-state index is 13.0. The van der Waals surface area contributed by atoms with Crippen LogP contribution in [0.4, 0.5) is 0 Å². The van der Waals surface area contributed by atoms with Crippen LogP contribution in [0.1, 0.15) is 55.5 Å². The molecule has 3 rings (SSSR count). The minimum absolute atomic E-state index is 0.253. The van der Waals surface area contributed by atoms with Crippen molar-refractivity contribution >= 4 is 78.1 Å². The molecule has 186 valence electrons. The number of rotatable bonds is 11. The van der Waals surface area contributed by atoms with Crippen molar-refractivity contribution < 1.29 is 19.1 Å². The van der Waals surface area contributed by atoms with Gasteiger partial charge in [0.1, 0.15) is 0 Å². The van der Waals surface area contributed by atoms with E-state index in [-0.39, 0.29) is 4.32 Å². The number of unbranched alkanes of at least 4 members (excludes halogenated alkanes) is 3. The summed E-state index contributed by atoms with van der Waals surface area (Å²) in [7, 11) is 0. The number of thioether (sulfide) groups is 1. The summed E-state index contributed by atoms with van der Waals surface area (Å²) in [6, 6.07) is 10.5. The number of hydrogen-bond donors (Lipinski definition) is 1. The molecule has 35 heavy (non-hydrogen) atoms. The van der Waals surface area contributed by atoms with Gasteiger partial charge in [-0.25, -0.2) is 0 Å². The fourth-order valence-electron chi connectivity index (χ4n) is 3.26. The van der Waals surface area contributed by atoms with Gasteiger partial charge in [0.2, 0.25) is 0 Å². The van der Waals surface area contributed by atoms with Crippen LogP contribution in [0, 0.1) is 0 Å². The lowest BCUT2D eigenvalue weighted by Gasteiger charge is -2.16. The summed E-state index contributed by atoms with van der Waals surface area (Å²) in [5.74, 6) is 0.435. The summed E-state index contributed by atoms with van der Waals surface area (Å²) in [5, 5.41) is 1.10. The van der Waals surface area contributed by atoms with E-state index >= 15 is 0 Å². The minimum atomic E-state index is -0.420. The standard InChI is InChI=1S/C25H26Br2N2O4S2/c1-3-5-6-7-12-33-22-19(27)13-16(14-20(22)32-4-2)15-21-24(31)29(25(34)35-21)28-23(30)17-8-10-18(26)11-9-17/h8-11,13-15H,3-7,12H2,1-2H3,(H,28,30)/b21-15-. The highest BCUT2D eigenvalue weighted by Crippen LogP contribution is 2.39. The first-order valence-electron chi connectivity index (χ1n) is 11.3. The number of nitrogens with one attached hydrogen (secondary N) is 1. The van der Waals surface area contributed by atoms with Gasteiger partial charge >= 0.3 is 0 Å². The van der Waals surface area contributed by atoms with E-state index in [0.29, 0.717) is 35.2 Å². The van der Waals surface area contributed by atoms with E-state index in [2.05, 4.69) is 44.2 Å². The van der Waals surface area contributed by atoms with Crippen LogP contribution in [-0.4, -0.2) is 34.4 Å². The lowest BCUT2D eigenvalue weighted by Crippen LogP contribution is -2.44. The number of ether oxygens (including phenoxy) is 2. The van der Waals surface area contributed by atoms with Crippen LogP contribution >= 0.6 is 55.8 Å². The third-order valence-electron chi connectivity index (χ3n) is 4.99. The van der Waals surface area contributed by atoms with E-state index in [1.54, 1.807) is 30.3 Å². The molecule has 0 saturated carbocycles. The van der Waals surface area contributed by atoms with Crippen molar-refractivity contribution in [1.82, 2.24) is 10.4 Å². The van der Waals surface area contributed by atoms with Crippen LogP contribution in [0.15, 0.2) is 50.2 Å². The molecule has 10 heteroatoms. The molecule has 0 bridgehead atoms. The second kappa shape index (κ2) is 13.4. The Morgan fingerprint density at radius 3 is 2.54 bits per heavy atom. The number of amides is 2. The predicted molar refractivity (Wildman–Crippen MR) is 152 cm³/mol. The van der Waals surface area contributed by atoms with Gasteiger partial charge in [-0.15, -0.1) is 0 Å². The number of halogens is 2. The Bertz CT molecular complexity index is 1120. The summed E-state index contributed by atoms with van der Waals surface area (Å²) in [6.45, 7) is 5.17. The largest absolute Gasteiger partial charge is 0.490 e. The molecule has 6 nitrogen and oxygen atoms in total. The van der Waals surface area contributed by atoms with Crippen LogP contribution in [-0.2, 0) is 4.79 Å². The normalized spacial score (nSPS) is 14.5. The Hall–Kier alpha value is -1.88. The number of carbonyl (C=O) groups is 2. The Labute approximate surface area is 232 Å². The van der Waals surface area contributed by atoms with Crippen molar-refractivity contribution in [3.8, 4) is 11.5 Å². The average molecular weight is 642 g/mol. The highest BCUT2D eigenvalue weighted by Gasteiger charge is 2.34. The molecule has 2 amide bonds. The van der Waals surface area contributed by atoms with E-state index in [9.17, 15) is 9.59 Å². The highest BCUT2D eigenvalue weighted by atomic mass is 79.9. The Balaban J connectivity index is 1.75. The predicted octanol–water partition coefficient (Wildman–Crippen LogP) is 7.12. The molecule has 0 unspecified atom stereocenters. The maximum Gasteiger partial charge on any atom is 0.285 e. The zero-order valence-corrected chi connectivity index (χ0v) is 24.2. The zero-order valence-electron chi connectivity index (χ0n) is 19.4. The van der Waals surface area contributed by atoms with Gasteiger partial charge in [0.05, 0.1) is 22.6 Å². The van der Waals surface area contributed by atoms with Crippen molar-refractivity contribution in [2.75, 3.05) is 13.2 Å². The first-order valence-corrected chi connectivity index (χ1v) is 14.1. The van der Waals surface area contributed by atoms with Gasteiger partial charge in [-0.05, 0) is 89.5 Å². The van der Waals surface area contributed by atoms with E-state index in [4.69, 9.17) is 21.7 Å².